The highest BCUT2D eigenvalue weighted by atomic mass is 19.1. The highest BCUT2D eigenvalue weighted by Gasteiger charge is 2.14. The van der Waals surface area contributed by atoms with Crippen LogP contribution in [0.4, 0.5) is 4.39 Å². The molecule has 0 N–H and O–H groups in total. The number of aryl methyl sites for hydroxylation is 1. The van der Waals surface area contributed by atoms with E-state index >= 15 is 0 Å². The van der Waals surface area contributed by atoms with Crippen molar-refractivity contribution in [2.75, 3.05) is 0 Å². The summed E-state index contributed by atoms with van der Waals surface area (Å²) in [4.78, 5) is 8.61. The van der Waals surface area contributed by atoms with Crippen LogP contribution >= 0.6 is 0 Å². The molecule has 0 saturated heterocycles. The van der Waals surface area contributed by atoms with E-state index in [1.807, 2.05) is 26.0 Å². The number of rotatable bonds is 3. The van der Waals surface area contributed by atoms with Crippen molar-refractivity contribution in [1.29, 1.82) is 0 Å². The molecule has 0 spiro atoms. The summed E-state index contributed by atoms with van der Waals surface area (Å²) < 4.78 is 13.2. The van der Waals surface area contributed by atoms with Gasteiger partial charge in [0, 0.05) is 35.3 Å². The number of aliphatic imine (C=N–C) groups is 1. The zero-order chi connectivity index (χ0) is 13.8. The van der Waals surface area contributed by atoms with E-state index in [0.717, 1.165) is 29.0 Å². The van der Waals surface area contributed by atoms with Gasteiger partial charge < -0.3 is 0 Å². The fourth-order valence-corrected chi connectivity index (χ4v) is 2.21. The molecule has 0 amide bonds. The number of nitrogens with zero attached hydrogens (tertiary/aromatic N) is 2. The zero-order valence-electron chi connectivity index (χ0n) is 11.2. The summed E-state index contributed by atoms with van der Waals surface area (Å²) in [5.41, 5.74) is 3.87. The fraction of sp³-hybridized carbons (Fsp3) is 0.250. The molecule has 0 fully saturated rings. The molecule has 1 unspecified atom stereocenters. The predicted molar refractivity (Wildman–Crippen MR) is 77.1 cm³/mol. The number of pyridine rings is 1. The first-order valence-corrected chi connectivity index (χ1v) is 6.28. The summed E-state index contributed by atoms with van der Waals surface area (Å²) in [5.74, 6) is -0.168. The minimum Gasteiger partial charge on any atom is -0.262 e. The molecule has 0 radical (unpaired) electrons. The first-order valence-electron chi connectivity index (χ1n) is 6.28. The third-order valence-electron chi connectivity index (χ3n) is 3.21. The molecule has 1 aliphatic rings. The van der Waals surface area contributed by atoms with E-state index in [1.165, 1.54) is 12.3 Å². The molecule has 1 aliphatic carbocycles. The highest BCUT2D eigenvalue weighted by molar-refractivity contribution is 6.00. The predicted octanol–water partition coefficient (Wildman–Crippen LogP) is 4.24. The number of allylic oxidation sites excluding steroid dienone is 4. The van der Waals surface area contributed by atoms with Crippen LogP contribution in [0.1, 0.15) is 36.1 Å². The second kappa shape index (κ2) is 5.74. The van der Waals surface area contributed by atoms with Gasteiger partial charge in [0.05, 0.1) is 0 Å². The van der Waals surface area contributed by atoms with Crippen molar-refractivity contribution in [3.05, 3.63) is 65.9 Å². The van der Waals surface area contributed by atoms with E-state index in [4.69, 9.17) is 0 Å². The van der Waals surface area contributed by atoms with Crippen LogP contribution < -0.4 is 0 Å². The molecule has 1 aromatic heterocycles. The van der Waals surface area contributed by atoms with Crippen LogP contribution in [0.3, 0.4) is 0 Å². The normalized spacial score (nSPS) is 19.2. The Balaban J connectivity index is 2.32. The molecule has 19 heavy (non-hydrogen) atoms. The van der Waals surface area contributed by atoms with Crippen LogP contribution in [0.2, 0.25) is 0 Å². The molecule has 2 nitrogen and oxygen atoms in total. The van der Waals surface area contributed by atoms with Crippen molar-refractivity contribution >= 4 is 5.71 Å². The highest BCUT2D eigenvalue weighted by Crippen LogP contribution is 2.27. The molecule has 0 aromatic carbocycles. The maximum absolute atomic E-state index is 13.2. The second-order valence-corrected chi connectivity index (χ2v) is 4.62. The molecule has 98 valence electrons. The minimum absolute atomic E-state index is 0.0226. The molecule has 3 heteroatoms. The van der Waals surface area contributed by atoms with Crippen LogP contribution in [0.25, 0.3) is 0 Å². The number of aromatic nitrogens is 1. The van der Waals surface area contributed by atoms with Gasteiger partial charge in [0.15, 0.2) is 0 Å². The minimum atomic E-state index is -0.191. The smallest absolute Gasteiger partial charge is 0.119 e. The van der Waals surface area contributed by atoms with Gasteiger partial charge in [-0.25, -0.2) is 4.39 Å². The van der Waals surface area contributed by atoms with Crippen LogP contribution in [-0.4, -0.2) is 10.7 Å². The van der Waals surface area contributed by atoms with Crippen molar-refractivity contribution in [3.63, 3.8) is 0 Å². The maximum atomic E-state index is 13.2. The molecule has 1 atom stereocenters. The molecule has 2 rings (SSSR count). The van der Waals surface area contributed by atoms with E-state index in [9.17, 15) is 4.39 Å². The lowest BCUT2D eigenvalue weighted by molar-refractivity contribution is 0.636. The van der Waals surface area contributed by atoms with Crippen molar-refractivity contribution in [2.45, 2.75) is 26.2 Å². The van der Waals surface area contributed by atoms with Gasteiger partial charge in [0.1, 0.15) is 5.83 Å². The molecule has 0 aliphatic heterocycles. The second-order valence-electron chi connectivity index (χ2n) is 4.62. The Hall–Kier alpha value is -2.03. The maximum Gasteiger partial charge on any atom is 0.119 e. The van der Waals surface area contributed by atoms with Crippen LogP contribution in [0.5, 0.6) is 0 Å². The van der Waals surface area contributed by atoms with E-state index in [1.54, 1.807) is 12.3 Å². The standard InChI is InChI=1S/C16H17FN2/c1-4-18-12(3)15-10-19-16(8-11(15)2)13-6-5-7-14(17)9-13/h4-5,7-10,13H,1,6H2,2-3H3/b18-12-. The lowest BCUT2D eigenvalue weighted by atomic mass is 9.94. The Morgan fingerprint density at radius 1 is 1.58 bits per heavy atom. The lowest BCUT2D eigenvalue weighted by Crippen LogP contribution is -2.05. The summed E-state index contributed by atoms with van der Waals surface area (Å²) in [6.45, 7) is 7.53. The molecular formula is C16H17FN2. The largest absolute Gasteiger partial charge is 0.262 e. The Labute approximate surface area is 113 Å². The van der Waals surface area contributed by atoms with Crippen LogP contribution in [-0.2, 0) is 0 Å². The Morgan fingerprint density at radius 2 is 2.37 bits per heavy atom. The summed E-state index contributed by atoms with van der Waals surface area (Å²) in [6, 6.07) is 2.01. The Morgan fingerprint density at radius 3 is 3.00 bits per heavy atom. The fourth-order valence-electron chi connectivity index (χ4n) is 2.21. The monoisotopic (exact) mass is 256 g/mol. The number of hydrogen-bond acceptors (Lipinski definition) is 2. The van der Waals surface area contributed by atoms with E-state index in [0.29, 0.717) is 0 Å². The number of halogens is 1. The van der Waals surface area contributed by atoms with Gasteiger partial charge in [0.25, 0.3) is 0 Å². The summed E-state index contributed by atoms with van der Waals surface area (Å²) in [6.07, 6.45) is 9.07. The van der Waals surface area contributed by atoms with Gasteiger partial charge in [-0.1, -0.05) is 12.7 Å². The van der Waals surface area contributed by atoms with Crippen molar-refractivity contribution in [2.24, 2.45) is 4.99 Å². The Bertz CT molecular complexity index is 582. The third kappa shape index (κ3) is 3.05. The lowest BCUT2D eigenvalue weighted by Gasteiger charge is -2.15. The van der Waals surface area contributed by atoms with Gasteiger partial charge in [-0.2, -0.15) is 0 Å². The quantitative estimate of drug-likeness (QED) is 0.742. The van der Waals surface area contributed by atoms with Gasteiger partial charge in [-0.3, -0.25) is 9.98 Å². The molecular weight excluding hydrogens is 239 g/mol. The van der Waals surface area contributed by atoms with E-state index < -0.39 is 0 Å². The molecule has 1 heterocycles. The molecule has 0 bridgehead atoms. The summed E-state index contributed by atoms with van der Waals surface area (Å²) >= 11 is 0. The van der Waals surface area contributed by atoms with Gasteiger partial charge in [-0.05, 0) is 44.1 Å². The number of hydrogen-bond donors (Lipinski definition) is 0. The van der Waals surface area contributed by atoms with Gasteiger partial charge >= 0.3 is 0 Å². The zero-order valence-corrected chi connectivity index (χ0v) is 11.2. The van der Waals surface area contributed by atoms with Gasteiger partial charge in [-0.15, -0.1) is 0 Å². The van der Waals surface area contributed by atoms with Crippen LogP contribution in [0, 0.1) is 6.92 Å². The summed E-state index contributed by atoms with van der Waals surface area (Å²) in [7, 11) is 0. The van der Waals surface area contributed by atoms with E-state index in [2.05, 4.69) is 16.6 Å². The average molecular weight is 256 g/mol. The average Bonchev–Trinajstić information content (AvgIpc) is 2.38. The van der Waals surface area contributed by atoms with Crippen molar-refractivity contribution < 1.29 is 4.39 Å². The SMILES string of the molecule is C=C/N=C(/C)c1cnc(C2C=C(F)C=CC2)cc1C. The summed E-state index contributed by atoms with van der Waals surface area (Å²) in [5, 5.41) is 0. The first kappa shape index (κ1) is 13.4. The first-order chi connectivity index (χ1) is 9.11. The van der Waals surface area contributed by atoms with Crippen molar-refractivity contribution in [3.8, 4) is 0 Å². The third-order valence-corrected chi connectivity index (χ3v) is 3.21. The molecule has 0 saturated carbocycles. The van der Waals surface area contributed by atoms with Crippen molar-refractivity contribution in [1.82, 2.24) is 4.98 Å². The van der Waals surface area contributed by atoms with E-state index in [-0.39, 0.29) is 11.7 Å². The topological polar surface area (TPSA) is 25.2 Å². The Kier molecular flexibility index (Phi) is 4.05. The van der Waals surface area contributed by atoms with Gasteiger partial charge in [0.2, 0.25) is 0 Å². The van der Waals surface area contributed by atoms with Crippen LogP contribution in [0.15, 0.2) is 54.1 Å². The molecule has 1 aromatic rings.